The fourth-order valence-electron chi connectivity index (χ4n) is 3.03. The number of hydrogen-bond donors (Lipinski definition) is 2. The summed E-state index contributed by atoms with van der Waals surface area (Å²) in [5, 5.41) is 16.4. The SMILES string of the molecule is Cc1cnc(Nc2ccnn2C)nc1-c1cc2c(s1)CN([C@H](C)C(=O)O)C2=O. The monoisotopic (exact) mass is 398 g/mol. The number of aliphatic carboxylic acids is 1. The van der Waals surface area contributed by atoms with E-state index in [0.29, 0.717) is 18.1 Å². The van der Waals surface area contributed by atoms with Crippen LogP contribution in [0.2, 0.25) is 0 Å². The van der Waals surface area contributed by atoms with E-state index in [9.17, 15) is 14.7 Å². The first-order chi connectivity index (χ1) is 13.3. The lowest BCUT2D eigenvalue weighted by Crippen LogP contribution is -2.39. The van der Waals surface area contributed by atoms with Crippen LogP contribution >= 0.6 is 11.3 Å². The molecule has 4 rings (SSSR count). The van der Waals surface area contributed by atoms with Gasteiger partial charge in [0, 0.05) is 24.2 Å². The molecular formula is C18H18N6O3S. The molecule has 1 aliphatic heterocycles. The predicted molar refractivity (Wildman–Crippen MR) is 104 cm³/mol. The van der Waals surface area contributed by atoms with Crippen LogP contribution in [0.1, 0.15) is 27.7 Å². The lowest BCUT2D eigenvalue weighted by Gasteiger charge is -2.20. The largest absolute Gasteiger partial charge is 0.480 e. The van der Waals surface area contributed by atoms with Crippen molar-refractivity contribution in [2.75, 3.05) is 5.32 Å². The third-order valence-electron chi connectivity index (χ3n) is 4.71. The predicted octanol–water partition coefficient (Wildman–Crippen LogP) is 2.42. The molecule has 144 valence electrons. The average molecular weight is 398 g/mol. The number of thiophene rings is 1. The minimum Gasteiger partial charge on any atom is -0.480 e. The van der Waals surface area contributed by atoms with Gasteiger partial charge in [-0.15, -0.1) is 11.3 Å². The molecular weight excluding hydrogens is 380 g/mol. The first-order valence-corrected chi connectivity index (χ1v) is 9.42. The fourth-order valence-corrected chi connectivity index (χ4v) is 4.24. The second-order valence-electron chi connectivity index (χ2n) is 6.59. The summed E-state index contributed by atoms with van der Waals surface area (Å²) in [4.78, 5) is 35.8. The van der Waals surface area contributed by atoms with Crippen molar-refractivity contribution in [3.63, 3.8) is 0 Å². The summed E-state index contributed by atoms with van der Waals surface area (Å²) >= 11 is 1.45. The van der Waals surface area contributed by atoms with Crippen molar-refractivity contribution in [1.29, 1.82) is 0 Å². The van der Waals surface area contributed by atoms with Crippen LogP contribution in [0.5, 0.6) is 0 Å². The Hall–Kier alpha value is -3.27. The summed E-state index contributed by atoms with van der Waals surface area (Å²) in [6, 6.07) is 2.76. The first-order valence-electron chi connectivity index (χ1n) is 8.60. The molecule has 0 aromatic carbocycles. The molecule has 3 aromatic rings. The van der Waals surface area contributed by atoms with Gasteiger partial charge >= 0.3 is 5.97 Å². The smallest absolute Gasteiger partial charge is 0.326 e. The molecule has 1 aliphatic rings. The number of aryl methyl sites for hydroxylation is 2. The van der Waals surface area contributed by atoms with Crippen LogP contribution < -0.4 is 5.32 Å². The first kappa shape index (κ1) is 18.1. The van der Waals surface area contributed by atoms with E-state index >= 15 is 0 Å². The number of rotatable bonds is 5. The summed E-state index contributed by atoms with van der Waals surface area (Å²) in [6.45, 7) is 3.73. The van der Waals surface area contributed by atoms with Gasteiger partial charge in [0.05, 0.1) is 28.9 Å². The van der Waals surface area contributed by atoms with Gasteiger partial charge in [0.15, 0.2) is 0 Å². The number of carbonyl (C=O) groups excluding carboxylic acids is 1. The molecule has 0 aliphatic carbocycles. The van der Waals surface area contributed by atoms with Crippen LogP contribution in [-0.2, 0) is 18.4 Å². The molecule has 0 bridgehead atoms. The minimum atomic E-state index is -1.01. The van der Waals surface area contributed by atoms with Gasteiger partial charge in [0.2, 0.25) is 5.95 Å². The highest BCUT2D eigenvalue weighted by Gasteiger charge is 2.36. The van der Waals surface area contributed by atoms with Crippen molar-refractivity contribution in [2.45, 2.75) is 26.4 Å². The minimum absolute atomic E-state index is 0.257. The van der Waals surface area contributed by atoms with Crippen molar-refractivity contribution < 1.29 is 14.7 Å². The number of carboxylic acid groups (broad SMARTS) is 1. The van der Waals surface area contributed by atoms with Crippen molar-refractivity contribution in [3.05, 3.63) is 40.5 Å². The Morgan fingerprint density at radius 1 is 1.43 bits per heavy atom. The summed E-state index contributed by atoms with van der Waals surface area (Å²) in [5.74, 6) is -0.0734. The second-order valence-corrected chi connectivity index (χ2v) is 7.72. The molecule has 2 N–H and O–H groups in total. The van der Waals surface area contributed by atoms with E-state index in [4.69, 9.17) is 0 Å². The van der Waals surface area contributed by atoms with E-state index in [2.05, 4.69) is 20.4 Å². The number of aromatic nitrogens is 4. The second kappa shape index (κ2) is 6.71. The maximum Gasteiger partial charge on any atom is 0.326 e. The average Bonchev–Trinajstić information content (AvgIpc) is 3.33. The van der Waals surface area contributed by atoms with E-state index < -0.39 is 12.0 Å². The Balaban J connectivity index is 1.63. The molecule has 0 radical (unpaired) electrons. The molecule has 4 heterocycles. The fraction of sp³-hybridized carbons (Fsp3) is 0.278. The third kappa shape index (κ3) is 3.01. The standard InChI is InChI=1S/C18H18N6O3S/c1-9-7-19-18(21-14-4-5-20-23(14)3)22-15(9)12-6-11-13(28-12)8-24(16(11)25)10(2)17(26)27/h4-7,10H,8H2,1-3H3,(H,26,27)(H,19,21,22)/t10-/m1/s1. The molecule has 1 atom stereocenters. The van der Waals surface area contributed by atoms with Gasteiger partial charge in [-0.2, -0.15) is 5.10 Å². The Labute approximate surface area is 164 Å². The van der Waals surface area contributed by atoms with Crippen LogP contribution in [0, 0.1) is 6.92 Å². The topological polar surface area (TPSA) is 113 Å². The zero-order valence-electron chi connectivity index (χ0n) is 15.5. The highest BCUT2D eigenvalue weighted by atomic mass is 32.1. The zero-order valence-corrected chi connectivity index (χ0v) is 16.3. The Morgan fingerprint density at radius 3 is 2.86 bits per heavy atom. The van der Waals surface area contributed by atoms with Gasteiger partial charge in [-0.3, -0.25) is 9.48 Å². The number of amides is 1. The number of carboxylic acids is 1. The van der Waals surface area contributed by atoms with E-state index in [1.54, 1.807) is 23.1 Å². The number of fused-ring (bicyclic) bond motifs is 1. The number of nitrogens with one attached hydrogen (secondary N) is 1. The molecule has 0 fully saturated rings. The maximum atomic E-state index is 12.6. The summed E-state index contributed by atoms with van der Waals surface area (Å²) in [7, 11) is 1.82. The van der Waals surface area contributed by atoms with Crippen LogP contribution in [0.25, 0.3) is 10.6 Å². The van der Waals surface area contributed by atoms with Crippen LogP contribution in [-0.4, -0.2) is 47.7 Å². The van der Waals surface area contributed by atoms with Crippen LogP contribution in [0.4, 0.5) is 11.8 Å². The van der Waals surface area contributed by atoms with Crippen molar-refractivity contribution in [2.24, 2.45) is 7.05 Å². The lowest BCUT2D eigenvalue weighted by molar-refractivity contribution is -0.141. The molecule has 0 spiro atoms. The normalized spacial score (nSPS) is 14.2. The van der Waals surface area contributed by atoms with Crippen molar-refractivity contribution >= 4 is 35.0 Å². The molecule has 10 heteroatoms. The van der Waals surface area contributed by atoms with Gasteiger partial charge in [-0.05, 0) is 25.5 Å². The Kier molecular flexibility index (Phi) is 4.34. The molecule has 3 aromatic heterocycles. The van der Waals surface area contributed by atoms with Crippen LogP contribution in [0.3, 0.4) is 0 Å². The lowest BCUT2D eigenvalue weighted by atomic mass is 10.2. The van der Waals surface area contributed by atoms with Crippen molar-refractivity contribution in [1.82, 2.24) is 24.6 Å². The highest BCUT2D eigenvalue weighted by molar-refractivity contribution is 7.16. The van der Waals surface area contributed by atoms with Crippen LogP contribution in [0.15, 0.2) is 24.5 Å². The molecule has 0 saturated carbocycles. The summed E-state index contributed by atoms with van der Waals surface area (Å²) in [6.07, 6.45) is 3.41. The van der Waals surface area contributed by atoms with Gasteiger partial charge < -0.3 is 15.3 Å². The number of anilines is 2. The van der Waals surface area contributed by atoms with Gasteiger partial charge in [-0.25, -0.2) is 14.8 Å². The highest BCUT2D eigenvalue weighted by Crippen LogP contribution is 2.38. The van der Waals surface area contributed by atoms with Gasteiger partial charge in [0.25, 0.3) is 5.91 Å². The Bertz CT molecular complexity index is 1090. The molecule has 0 saturated heterocycles. The van der Waals surface area contributed by atoms with Crippen molar-refractivity contribution in [3.8, 4) is 10.6 Å². The molecule has 0 unspecified atom stereocenters. The number of hydrogen-bond acceptors (Lipinski definition) is 7. The maximum absolute atomic E-state index is 12.6. The molecule has 28 heavy (non-hydrogen) atoms. The van der Waals surface area contributed by atoms with E-state index in [1.165, 1.54) is 23.2 Å². The van der Waals surface area contributed by atoms with E-state index in [0.717, 1.165) is 26.8 Å². The zero-order chi connectivity index (χ0) is 20.0. The quantitative estimate of drug-likeness (QED) is 0.678. The summed E-state index contributed by atoms with van der Waals surface area (Å²) < 4.78 is 1.68. The Morgan fingerprint density at radius 2 is 2.21 bits per heavy atom. The molecule has 9 nitrogen and oxygen atoms in total. The summed E-state index contributed by atoms with van der Waals surface area (Å²) in [5.41, 5.74) is 2.18. The number of nitrogens with zero attached hydrogens (tertiary/aromatic N) is 5. The van der Waals surface area contributed by atoms with Gasteiger partial charge in [0.1, 0.15) is 11.9 Å². The molecule has 1 amide bonds. The third-order valence-corrected chi connectivity index (χ3v) is 5.83. The van der Waals surface area contributed by atoms with E-state index in [-0.39, 0.29) is 5.91 Å². The van der Waals surface area contributed by atoms with Gasteiger partial charge in [-0.1, -0.05) is 0 Å². The van der Waals surface area contributed by atoms with E-state index in [1.807, 2.05) is 20.0 Å². The number of carbonyl (C=O) groups is 2.